The number of nitrogens with one attached hydrogen (secondary N) is 2. The number of hydrogen-bond donors (Lipinski definition) is 2. The van der Waals surface area contributed by atoms with Gasteiger partial charge < -0.3 is 10.6 Å². The fourth-order valence-electron chi connectivity index (χ4n) is 2.40. The lowest BCUT2D eigenvalue weighted by Gasteiger charge is -2.16. The zero-order chi connectivity index (χ0) is 11.2. The van der Waals surface area contributed by atoms with E-state index in [0.717, 1.165) is 6.54 Å². The van der Waals surface area contributed by atoms with Gasteiger partial charge in [0, 0.05) is 25.0 Å². The van der Waals surface area contributed by atoms with Gasteiger partial charge in [0.1, 0.15) is 0 Å². The van der Waals surface area contributed by atoms with Crippen molar-refractivity contribution in [2.45, 2.75) is 69.9 Å². The van der Waals surface area contributed by atoms with Crippen LogP contribution < -0.4 is 10.6 Å². The predicted molar refractivity (Wildman–Crippen MR) is 65.3 cm³/mol. The zero-order valence-corrected chi connectivity index (χ0v) is 10.1. The summed E-state index contributed by atoms with van der Waals surface area (Å²) in [5, 5.41) is 6.55. The van der Waals surface area contributed by atoms with E-state index in [9.17, 15) is 4.79 Å². The average Bonchev–Trinajstić information content (AvgIpc) is 3.05. The average molecular weight is 224 g/mol. The Hall–Kier alpha value is -0.570. The van der Waals surface area contributed by atoms with Crippen LogP contribution in [0.25, 0.3) is 0 Å². The molecule has 2 rings (SSSR count). The summed E-state index contributed by atoms with van der Waals surface area (Å²) in [6.45, 7) is 0.850. The third-order valence-electron chi connectivity index (χ3n) is 3.58. The number of amides is 1. The van der Waals surface area contributed by atoms with Crippen molar-refractivity contribution in [3.63, 3.8) is 0 Å². The first-order valence-corrected chi connectivity index (χ1v) is 6.87. The highest BCUT2D eigenvalue weighted by Crippen LogP contribution is 2.18. The van der Waals surface area contributed by atoms with Crippen LogP contribution in [0.1, 0.15) is 57.8 Å². The van der Waals surface area contributed by atoms with Gasteiger partial charge in [0.2, 0.25) is 5.91 Å². The Balaban J connectivity index is 1.56. The minimum Gasteiger partial charge on any atom is -0.353 e. The van der Waals surface area contributed by atoms with Crippen molar-refractivity contribution in [2.75, 3.05) is 6.54 Å². The summed E-state index contributed by atoms with van der Waals surface area (Å²) in [4.78, 5) is 11.7. The highest BCUT2D eigenvalue weighted by molar-refractivity contribution is 5.76. The molecule has 0 aromatic heterocycles. The second kappa shape index (κ2) is 6.24. The molecule has 1 amide bonds. The van der Waals surface area contributed by atoms with Gasteiger partial charge in [-0.25, -0.2) is 0 Å². The highest BCUT2D eigenvalue weighted by Gasteiger charge is 2.20. The van der Waals surface area contributed by atoms with E-state index < -0.39 is 0 Å². The highest BCUT2D eigenvalue weighted by atomic mass is 16.1. The van der Waals surface area contributed by atoms with E-state index in [1.54, 1.807) is 0 Å². The second-order valence-electron chi connectivity index (χ2n) is 5.23. The topological polar surface area (TPSA) is 41.1 Å². The summed E-state index contributed by atoms with van der Waals surface area (Å²) in [6, 6.07) is 1.17. The van der Waals surface area contributed by atoms with Gasteiger partial charge >= 0.3 is 0 Å². The van der Waals surface area contributed by atoms with E-state index >= 15 is 0 Å². The quantitative estimate of drug-likeness (QED) is 0.701. The summed E-state index contributed by atoms with van der Waals surface area (Å²) in [7, 11) is 0. The van der Waals surface area contributed by atoms with Crippen LogP contribution >= 0.6 is 0 Å². The Bertz CT molecular complexity index is 218. The number of carbonyl (C=O) groups excluding carboxylic acids is 1. The van der Waals surface area contributed by atoms with Crippen molar-refractivity contribution < 1.29 is 4.79 Å². The van der Waals surface area contributed by atoms with Crippen LogP contribution in [-0.4, -0.2) is 24.5 Å². The molecule has 0 aromatic rings. The van der Waals surface area contributed by atoms with Gasteiger partial charge in [0.15, 0.2) is 0 Å². The second-order valence-corrected chi connectivity index (χ2v) is 5.23. The Kier molecular flexibility index (Phi) is 4.64. The van der Waals surface area contributed by atoms with Crippen LogP contribution in [0.4, 0.5) is 0 Å². The third kappa shape index (κ3) is 4.52. The molecule has 16 heavy (non-hydrogen) atoms. The van der Waals surface area contributed by atoms with E-state index in [4.69, 9.17) is 0 Å². The first kappa shape index (κ1) is 11.9. The Morgan fingerprint density at radius 2 is 1.62 bits per heavy atom. The fraction of sp³-hybridized carbons (Fsp3) is 0.923. The molecule has 0 aliphatic heterocycles. The van der Waals surface area contributed by atoms with E-state index in [-0.39, 0.29) is 5.91 Å². The molecule has 2 fully saturated rings. The minimum atomic E-state index is 0.236. The predicted octanol–water partition coefficient (Wildman–Crippen LogP) is 1.97. The summed E-state index contributed by atoms with van der Waals surface area (Å²) >= 11 is 0. The molecule has 0 spiro atoms. The molecule has 3 heteroatoms. The van der Waals surface area contributed by atoms with Crippen LogP contribution in [0.3, 0.4) is 0 Å². The van der Waals surface area contributed by atoms with Crippen LogP contribution in [0, 0.1) is 0 Å². The lowest BCUT2D eigenvalue weighted by Crippen LogP contribution is -2.36. The maximum Gasteiger partial charge on any atom is 0.221 e. The molecule has 2 saturated carbocycles. The van der Waals surface area contributed by atoms with Gasteiger partial charge in [-0.2, -0.15) is 0 Å². The van der Waals surface area contributed by atoms with Crippen molar-refractivity contribution in [3.8, 4) is 0 Å². The zero-order valence-electron chi connectivity index (χ0n) is 10.1. The Labute approximate surface area is 98.4 Å². The molecule has 3 nitrogen and oxygen atoms in total. The van der Waals surface area contributed by atoms with Crippen LogP contribution in [0.15, 0.2) is 0 Å². The van der Waals surface area contributed by atoms with E-state index in [1.165, 1.54) is 51.4 Å². The lowest BCUT2D eigenvalue weighted by molar-refractivity contribution is -0.121. The van der Waals surface area contributed by atoms with E-state index in [1.807, 2.05) is 0 Å². The summed E-state index contributed by atoms with van der Waals surface area (Å²) in [6.07, 6.45) is 10.9. The smallest absolute Gasteiger partial charge is 0.221 e. The molecule has 2 aliphatic carbocycles. The largest absolute Gasteiger partial charge is 0.353 e. The molecule has 0 radical (unpaired) electrons. The molecule has 0 bridgehead atoms. The molecule has 92 valence electrons. The third-order valence-corrected chi connectivity index (χ3v) is 3.58. The Morgan fingerprint density at radius 3 is 2.25 bits per heavy atom. The van der Waals surface area contributed by atoms with Gasteiger partial charge in [-0.15, -0.1) is 0 Å². The Morgan fingerprint density at radius 1 is 0.938 bits per heavy atom. The van der Waals surface area contributed by atoms with Gasteiger partial charge in [0.25, 0.3) is 0 Å². The summed E-state index contributed by atoms with van der Waals surface area (Å²) in [5.74, 6) is 0.236. The standard InChI is InChI=1S/C13H24N2O/c16-13(9-10-14-11-7-8-11)15-12-5-3-1-2-4-6-12/h11-12,14H,1-10H2,(H,15,16). The van der Waals surface area contributed by atoms with Crippen molar-refractivity contribution in [2.24, 2.45) is 0 Å². The lowest BCUT2D eigenvalue weighted by atomic mass is 10.1. The molecule has 2 aliphatic rings. The van der Waals surface area contributed by atoms with Gasteiger partial charge in [0.05, 0.1) is 0 Å². The van der Waals surface area contributed by atoms with E-state index in [2.05, 4.69) is 10.6 Å². The minimum absolute atomic E-state index is 0.236. The first-order valence-electron chi connectivity index (χ1n) is 6.87. The molecule has 0 aromatic carbocycles. The van der Waals surface area contributed by atoms with Crippen LogP contribution in [-0.2, 0) is 4.79 Å². The van der Waals surface area contributed by atoms with Gasteiger partial charge in [-0.3, -0.25) is 4.79 Å². The van der Waals surface area contributed by atoms with Crippen molar-refractivity contribution >= 4 is 5.91 Å². The first-order chi connectivity index (χ1) is 7.84. The SMILES string of the molecule is O=C(CCNC1CC1)NC1CCCCCC1. The molecule has 0 unspecified atom stereocenters. The maximum atomic E-state index is 11.7. The molecule has 2 N–H and O–H groups in total. The van der Waals surface area contributed by atoms with Crippen molar-refractivity contribution in [1.29, 1.82) is 0 Å². The molecular formula is C13H24N2O. The number of carbonyl (C=O) groups is 1. The van der Waals surface area contributed by atoms with Crippen molar-refractivity contribution in [1.82, 2.24) is 10.6 Å². The number of hydrogen-bond acceptors (Lipinski definition) is 2. The normalized spacial score (nSPS) is 22.8. The van der Waals surface area contributed by atoms with Gasteiger partial charge in [-0.1, -0.05) is 25.7 Å². The fourth-order valence-corrected chi connectivity index (χ4v) is 2.40. The summed E-state index contributed by atoms with van der Waals surface area (Å²) < 4.78 is 0. The van der Waals surface area contributed by atoms with Gasteiger partial charge in [-0.05, 0) is 25.7 Å². The van der Waals surface area contributed by atoms with Crippen molar-refractivity contribution in [3.05, 3.63) is 0 Å². The molecule has 0 saturated heterocycles. The maximum absolute atomic E-state index is 11.7. The molecule has 0 atom stereocenters. The van der Waals surface area contributed by atoms with E-state index in [0.29, 0.717) is 18.5 Å². The summed E-state index contributed by atoms with van der Waals surface area (Å²) in [5.41, 5.74) is 0. The monoisotopic (exact) mass is 224 g/mol. The molecule has 0 heterocycles. The van der Waals surface area contributed by atoms with Crippen LogP contribution in [0.5, 0.6) is 0 Å². The number of rotatable bonds is 5. The van der Waals surface area contributed by atoms with Crippen LogP contribution in [0.2, 0.25) is 0 Å². The molecular weight excluding hydrogens is 200 g/mol.